The number of aromatic nitrogens is 3. The normalized spacial score (nSPS) is 11.0. The van der Waals surface area contributed by atoms with E-state index >= 15 is 0 Å². The number of ether oxygens (including phenoxy) is 2. The summed E-state index contributed by atoms with van der Waals surface area (Å²) in [6.45, 7) is 5.81. The molecule has 2 aromatic carbocycles. The molecule has 0 radical (unpaired) electrons. The average Bonchev–Trinajstić information content (AvgIpc) is 3.13. The first-order valence-electron chi connectivity index (χ1n) is 10.6. The molecule has 0 saturated heterocycles. The molecule has 0 unspecified atom stereocenters. The molecule has 3 aromatic rings. The number of benzene rings is 2. The van der Waals surface area contributed by atoms with E-state index in [1.165, 1.54) is 11.1 Å². The van der Waals surface area contributed by atoms with Crippen LogP contribution in [0.15, 0.2) is 47.5 Å². The van der Waals surface area contributed by atoms with Crippen molar-refractivity contribution in [3.8, 4) is 11.5 Å². The van der Waals surface area contributed by atoms with Gasteiger partial charge >= 0.3 is 0 Å². The van der Waals surface area contributed by atoms with Gasteiger partial charge in [0.1, 0.15) is 17.3 Å². The fourth-order valence-electron chi connectivity index (χ4n) is 3.26. The quantitative estimate of drug-likeness (QED) is 0.235. The highest BCUT2D eigenvalue weighted by Crippen LogP contribution is 2.19. The second-order valence-electron chi connectivity index (χ2n) is 7.58. The van der Waals surface area contributed by atoms with Crippen LogP contribution < -0.4 is 20.1 Å². The number of halogens is 1. The van der Waals surface area contributed by atoms with Crippen molar-refractivity contribution in [2.24, 2.45) is 12.0 Å². The van der Waals surface area contributed by atoms with Crippen LogP contribution in [0.2, 0.25) is 0 Å². The lowest BCUT2D eigenvalue weighted by Crippen LogP contribution is -2.38. The zero-order valence-corrected chi connectivity index (χ0v) is 22.2. The van der Waals surface area contributed by atoms with Gasteiger partial charge in [0.2, 0.25) is 0 Å². The van der Waals surface area contributed by atoms with E-state index < -0.39 is 0 Å². The Labute approximate surface area is 212 Å². The van der Waals surface area contributed by atoms with Crippen LogP contribution >= 0.6 is 24.0 Å². The SMILES string of the molecule is COc1ccc(CN=C(NCCc2cc(C)ccc2OC)NCc2nnc(C)n2C)cc1.I. The Balaban J connectivity index is 0.00000385. The van der Waals surface area contributed by atoms with Crippen LogP contribution in [0.5, 0.6) is 11.5 Å². The number of methoxy groups -OCH3 is 2. The molecule has 9 heteroatoms. The highest BCUT2D eigenvalue weighted by atomic mass is 127. The predicted octanol–water partition coefficient (Wildman–Crippen LogP) is 3.55. The summed E-state index contributed by atoms with van der Waals surface area (Å²) >= 11 is 0. The van der Waals surface area contributed by atoms with Gasteiger partial charge in [-0.3, -0.25) is 0 Å². The lowest BCUT2D eigenvalue weighted by atomic mass is 10.1. The summed E-state index contributed by atoms with van der Waals surface area (Å²) < 4.78 is 12.7. The maximum atomic E-state index is 5.50. The van der Waals surface area contributed by atoms with Gasteiger partial charge < -0.3 is 24.7 Å². The zero-order chi connectivity index (χ0) is 22.9. The first kappa shape index (κ1) is 26.4. The lowest BCUT2D eigenvalue weighted by molar-refractivity contribution is 0.409. The van der Waals surface area contributed by atoms with Crippen LogP contribution in [0.25, 0.3) is 0 Å². The molecule has 0 spiro atoms. The van der Waals surface area contributed by atoms with Crippen LogP contribution in [-0.4, -0.2) is 41.5 Å². The number of guanidine groups is 1. The molecule has 0 aliphatic heterocycles. The highest BCUT2D eigenvalue weighted by molar-refractivity contribution is 14.0. The highest BCUT2D eigenvalue weighted by Gasteiger charge is 2.08. The van der Waals surface area contributed by atoms with Crippen molar-refractivity contribution in [1.29, 1.82) is 0 Å². The number of rotatable bonds is 9. The van der Waals surface area contributed by atoms with E-state index in [4.69, 9.17) is 14.5 Å². The molecule has 8 nitrogen and oxygen atoms in total. The van der Waals surface area contributed by atoms with Gasteiger partial charge in [0, 0.05) is 13.6 Å². The molecule has 0 aliphatic rings. The molecule has 178 valence electrons. The third kappa shape index (κ3) is 7.62. The minimum Gasteiger partial charge on any atom is -0.497 e. The topological polar surface area (TPSA) is 85.6 Å². The first-order valence-corrected chi connectivity index (χ1v) is 10.6. The average molecular weight is 564 g/mol. The summed E-state index contributed by atoms with van der Waals surface area (Å²) in [7, 11) is 5.32. The second kappa shape index (κ2) is 13.0. The smallest absolute Gasteiger partial charge is 0.191 e. The van der Waals surface area contributed by atoms with Gasteiger partial charge in [0.25, 0.3) is 0 Å². The van der Waals surface area contributed by atoms with Gasteiger partial charge in [-0.15, -0.1) is 34.2 Å². The number of aliphatic imine (C=N–C) groups is 1. The Kier molecular flexibility index (Phi) is 10.4. The van der Waals surface area contributed by atoms with Gasteiger partial charge in [-0.05, 0) is 49.6 Å². The summed E-state index contributed by atoms with van der Waals surface area (Å²) in [6, 6.07) is 14.1. The number of nitrogens with one attached hydrogen (secondary N) is 2. The Morgan fingerprint density at radius 1 is 1.00 bits per heavy atom. The van der Waals surface area contributed by atoms with Gasteiger partial charge in [-0.25, -0.2) is 4.99 Å². The molecule has 1 heterocycles. The van der Waals surface area contributed by atoms with Crippen molar-refractivity contribution < 1.29 is 9.47 Å². The summed E-state index contributed by atoms with van der Waals surface area (Å²) in [4.78, 5) is 4.76. The van der Waals surface area contributed by atoms with Gasteiger partial charge in [0.15, 0.2) is 11.8 Å². The summed E-state index contributed by atoms with van der Waals surface area (Å²) in [5.41, 5.74) is 3.48. The summed E-state index contributed by atoms with van der Waals surface area (Å²) in [5.74, 6) is 4.17. The van der Waals surface area contributed by atoms with E-state index in [0.29, 0.717) is 25.6 Å². The van der Waals surface area contributed by atoms with Gasteiger partial charge in [-0.1, -0.05) is 29.8 Å². The third-order valence-corrected chi connectivity index (χ3v) is 5.30. The monoisotopic (exact) mass is 564 g/mol. The zero-order valence-electron chi connectivity index (χ0n) is 19.9. The fraction of sp³-hybridized carbons (Fsp3) is 0.375. The van der Waals surface area contributed by atoms with E-state index in [9.17, 15) is 0 Å². The van der Waals surface area contributed by atoms with Crippen LogP contribution in [0, 0.1) is 13.8 Å². The third-order valence-electron chi connectivity index (χ3n) is 5.30. The molecule has 3 rings (SSSR count). The predicted molar refractivity (Wildman–Crippen MR) is 142 cm³/mol. The van der Waals surface area contributed by atoms with Crippen molar-refractivity contribution in [3.63, 3.8) is 0 Å². The number of aryl methyl sites for hydroxylation is 2. The Morgan fingerprint density at radius 3 is 2.39 bits per heavy atom. The molecule has 0 atom stereocenters. The van der Waals surface area contributed by atoms with E-state index in [0.717, 1.165) is 35.1 Å². The minimum atomic E-state index is 0. The molecular weight excluding hydrogens is 531 g/mol. The van der Waals surface area contributed by atoms with Gasteiger partial charge in [-0.2, -0.15) is 0 Å². The molecule has 0 fully saturated rings. The number of hydrogen-bond acceptors (Lipinski definition) is 5. The molecule has 0 bridgehead atoms. The molecule has 0 saturated carbocycles. The standard InChI is InChI=1S/C24H32N6O2.HI/c1-17-6-11-22(32-5)20(14-17)12-13-25-24(27-16-23-29-28-18(2)30(23)3)26-15-19-7-9-21(31-4)10-8-19;/h6-11,14H,12-13,15-16H2,1-5H3,(H2,25,26,27);1H. The van der Waals surface area contributed by atoms with Crippen LogP contribution in [0.3, 0.4) is 0 Å². The van der Waals surface area contributed by atoms with E-state index in [1.54, 1.807) is 14.2 Å². The Morgan fingerprint density at radius 2 is 1.76 bits per heavy atom. The maximum absolute atomic E-state index is 5.50. The second-order valence-corrected chi connectivity index (χ2v) is 7.58. The van der Waals surface area contributed by atoms with Crippen LogP contribution in [0.4, 0.5) is 0 Å². The maximum Gasteiger partial charge on any atom is 0.191 e. The Hall–Kier alpha value is -2.82. The molecule has 0 amide bonds. The van der Waals surface area contributed by atoms with Crippen LogP contribution in [-0.2, 0) is 26.6 Å². The van der Waals surface area contributed by atoms with E-state index in [2.05, 4.69) is 39.9 Å². The Bertz CT molecular complexity index is 1050. The number of nitrogens with zero attached hydrogens (tertiary/aromatic N) is 4. The number of hydrogen-bond donors (Lipinski definition) is 2. The molecule has 0 aliphatic carbocycles. The first-order chi connectivity index (χ1) is 15.5. The summed E-state index contributed by atoms with van der Waals surface area (Å²) in [6.07, 6.45) is 0.817. The van der Waals surface area contributed by atoms with E-state index in [1.807, 2.05) is 48.9 Å². The largest absolute Gasteiger partial charge is 0.497 e. The van der Waals surface area contributed by atoms with E-state index in [-0.39, 0.29) is 24.0 Å². The molecule has 1 aromatic heterocycles. The molecular formula is C24H33IN6O2. The van der Waals surface area contributed by atoms with Crippen molar-refractivity contribution in [1.82, 2.24) is 25.4 Å². The summed E-state index contributed by atoms with van der Waals surface area (Å²) in [5, 5.41) is 15.1. The van der Waals surface area contributed by atoms with Crippen molar-refractivity contribution in [3.05, 3.63) is 70.8 Å². The van der Waals surface area contributed by atoms with Crippen LogP contribution in [0.1, 0.15) is 28.3 Å². The van der Waals surface area contributed by atoms with Crippen molar-refractivity contribution in [2.45, 2.75) is 33.4 Å². The van der Waals surface area contributed by atoms with Crippen molar-refractivity contribution in [2.75, 3.05) is 20.8 Å². The van der Waals surface area contributed by atoms with Crippen molar-refractivity contribution >= 4 is 29.9 Å². The molecule has 33 heavy (non-hydrogen) atoms. The van der Waals surface area contributed by atoms with Gasteiger partial charge in [0.05, 0.1) is 27.3 Å². The lowest BCUT2D eigenvalue weighted by Gasteiger charge is -2.14. The fourth-order valence-corrected chi connectivity index (χ4v) is 3.26. The minimum absolute atomic E-state index is 0. The molecule has 2 N–H and O–H groups in total.